The first kappa shape index (κ1) is 11.0. The van der Waals surface area contributed by atoms with E-state index < -0.39 is 11.2 Å². The van der Waals surface area contributed by atoms with E-state index in [1.807, 2.05) is 0 Å². The second kappa shape index (κ2) is 3.80. The van der Waals surface area contributed by atoms with Crippen LogP contribution in [0.1, 0.15) is 31.1 Å². The monoisotopic (exact) mass is 261 g/mol. The van der Waals surface area contributed by atoms with Gasteiger partial charge in [0.05, 0.1) is 6.04 Å². The Morgan fingerprint density at radius 3 is 2.89 bits per heavy atom. The zero-order chi connectivity index (χ0) is 13.0. The van der Waals surface area contributed by atoms with Crippen LogP contribution in [0, 0.1) is 11.8 Å². The standard InChI is InChI=1S/C12H15N5O2/c18-11-8-10(16-12(19)17-11)15-9(14-8)7-6-3-1-2-5(6)4-13-7/h5-7,13H,1-4H2,(H3,14,15,16,17,18,19). The highest BCUT2D eigenvalue weighted by molar-refractivity contribution is 5.68. The summed E-state index contributed by atoms with van der Waals surface area (Å²) in [5.74, 6) is 2.07. The van der Waals surface area contributed by atoms with E-state index in [-0.39, 0.29) is 6.04 Å². The van der Waals surface area contributed by atoms with Gasteiger partial charge in [-0.2, -0.15) is 0 Å². The molecule has 1 aliphatic carbocycles. The van der Waals surface area contributed by atoms with Gasteiger partial charge in [-0.1, -0.05) is 6.42 Å². The largest absolute Gasteiger partial charge is 0.335 e. The van der Waals surface area contributed by atoms with Crippen molar-refractivity contribution in [1.29, 1.82) is 0 Å². The Bertz CT molecular complexity index is 742. The lowest BCUT2D eigenvalue weighted by Gasteiger charge is -2.15. The van der Waals surface area contributed by atoms with Crippen LogP contribution in [0.5, 0.6) is 0 Å². The number of hydrogen-bond acceptors (Lipinski definition) is 4. The molecule has 4 N–H and O–H groups in total. The molecule has 3 unspecified atom stereocenters. The molecule has 3 heterocycles. The van der Waals surface area contributed by atoms with Gasteiger partial charge in [-0.25, -0.2) is 9.78 Å². The van der Waals surface area contributed by atoms with E-state index in [2.05, 4.69) is 25.3 Å². The second-order valence-corrected chi connectivity index (χ2v) is 5.49. The number of aromatic amines is 3. The molecule has 100 valence electrons. The van der Waals surface area contributed by atoms with E-state index in [0.29, 0.717) is 17.1 Å². The fraction of sp³-hybridized carbons (Fsp3) is 0.583. The molecule has 1 aliphatic heterocycles. The molecule has 1 saturated carbocycles. The van der Waals surface area contributed by atoms with E-state index in [1.165, 1.54) is 19.3 Å². The Morgan fingerprint density at radius 2 is 2.00 bits per heavy atom. The molecule has 19 heavy (non-hydrogen) atoms. The molecule has 0 radical (unpaired) electrons. The number of hydrogen-bond donors (Lipinski definition) is 4. The van der Waals surface area contributed by atoms with Crippen molar-refractivity contribution in [1.82, 2.24) is 25.3 Å². The zero-order valence-corrected chi connectivity index (χ0v) is 10.3. The molecule has 0 spiro atoms. The number of rotatable bonds is 1. The fourth-order valence-electron chi connectivity index (χ4n) is 3.58. The minimum Gasteiger partial charge on any atom is -0.335 e. The predicted molar refractivity (Wildman–Crippen MR) is 68.9 cm³/mol. The van der Waals surface area contributed by atoms with Gasteiger partial charge >= 0.3 is 5.69 Å². The van der Waals surface area contributed by atoms with Gasteiger partial charge in [0.25, 0.3) is 5.56 Å². The number of nitrogens with one attached hydrogen (secondary N) is 4. The van der Waals surface area contributed by atoms with Crippen LogP contribution in [0.4, 0.5) is 0 Å². The summed E-state index contributed by atoms with van der Waals surface area (Å²) in [5.41, 5.74) is -0.253. The maximum absolute atomic E-state index is 11.7. The number of H-pyrrole nitrogens is 3. The Labute approximate surface area is 107 Å². The molecule has 0 aromatic carbocycles. The minimum absolute atomic E-state index is 0.169. The Balaban J connectivity index is 1.82. The summed E-state index contributed by atoms with van der Waals surface area (Å²) in [6.45, 7) is 1.01. The van der Waals surface area contributed by atoms with E-state index in [9.17, 15) is 9.59 Å². The van der Waals surface area contributed by atoms with Crippen LogP contribution < -0.4 is 16.6 Å². The van der Waals surface area contributed by atoms with E-state index in [4.69, 9.17) is 0 Å². The molecule has 2 fully saturated rings. The quantitative estimate of drug-likeness (QED) is 0.579. The van der Waals surface area contributed by atoms with Gasteiger partial charge in [-0.3, -0.25) is 14.8 Å². The van der Waals surface area contributed by atoms with Crippen LogP contribution >= 0.6 is 0 Å². The first-order valence-corrected chi connectivity index (χ1v) is 6.68. The maximum atomic E-state index is 11.7. The number of imidazole rings is 1. The smallest absolute Gasteiger partial charge is 0.327 e. The van der Waals surface area contributed by atoms with Gasteiger partial charge < -0.3 is 10.3 Å². The minimum atomic E-state index is -0.520. The molecule has 2 aromatic heterocycles. The third-order valence-electron chi connectivity index (χ3n) is 4.45. The average Bonchev–Trinajstić information content (AvgIpc) is 2.99. The van der Waals surface area contributed by atoms with E-state index in [0.717, 1.165) is 18.3 Å². The second-order valence-electron chi connectivity index (χ2n) is 5.49. The molecule has 4 rings (SSSR count). The van der Waals surface area contributed by atoms with Crippen molar-refractivity contribution >= 4 is 11.2 Å². The fourth-order valence-corrected chi connectivity index (χ4v) is 3.58. The van der Waals surface area contributed by atoms with Crippen LogP contribution in [0.3, 0.4) is 0 Å². The average molecular weight is 261 g/mol. The molecular weight excluding hydrogens is 246 g/mol. The van der Waals surface area contributed by atoms with Crippen molar-refractivity contribution < 1.29 is 0 Å². The third kappa shape index (κ3) is 1.58. The van der Waals surface area contributed by atoms with Crippen molar-refractivity contribution in [3.05, 3.63) is 26.7 Å². The third-order valence-corrected chi connectivity index (χ3v) is 4.45. The number of aromatic nitrogens is 4. The van der Waals surface area contributed by atoms with Crippen molar-refractivity contribution in [2.24, 2.45) is 11.8 Å². The first-order valence-electron chi connectivity index (χ1n) is 6.68. The van der Waals surface area contributed by atoms with Crippen LogP contribution in [-0.2, 0) is 0 Å². The van der Waals surface area contributed by atoms with Crippen LogP contribution in [0.2, 0.25) is 0 Å². The summed E-state index contributed by atoms with van der Waals surface area (Å²) >= 11 is 0. The SMILES string of the molecule is O=c1[nH]c(=O)c2[nH]c(C3NCC4CCCC43)nc2[nH]1. The summed E-state index contributed by atoms with van der Waals surface area (Å²) < 4.78 is 0. The van der Waals surface area contributed by atoms with E-state index >= 15 is 0 Å². The summed E-state index contributed by atoms with van der Waals surface area (Å²) in [6.07, 6.45) is 3.74. The lowest BCUT2D eigenvalue weighted by molar-refractivity contribution is 0.410. The van der Waals surface area contributed by atoms with Crippen molar-refractivity contribution in [3.63, 3.8) is 0 Å². The molecule has 2 aliphatic rings. The van der Waals surface area contributed by atoms with Crippen LogP contribution in [0.25, 0.3) is 11.2 Å². The van der Waals surface area contributed by atoms with Gasteiger partial charge in [0, 0.05) is 0 Å². The van der Waals surface area contributed by atoms with Gasteiger partial charge in [0.15, 0.2) is 5.65 Å². The molecular formula is C12H15N5O2. The van der Waals surface area contributed by atoms with Gasteiger partial charge in [-0.15, -0.1) is 0 Å². The lowest BCUT2D eigenvalue weighted by atomic mass is 9.94. The summed E-state index contributed by atoms with van der Waals surface area (Å²) in [5, 5.41) is 3.47. The Morgan fingerprint density at radius 1 is 1.11 bits per heavy atom. The topological polar surface area (TPSA) is 106 Å². The molecule has 7 heteroatoms. The summed E-state index contributed by atoms with van der Waals surface area (Å²) in [6, 6.07) is 0.169. The normalized spacial score (nSPS) is 30.0. The first-order chi connectivity index (χ1) is 9.22. The van der Waals surface area contributed by atoms with Crippen LogP contribution in [0.15, 0.2) is 9.59 Å². The molecule has 1 saturated heterocycles. The van der Waals surface area contributed by atoms with Gasteiger partial charge in [0.1, 0.15) is 11.3 Å². The highest BCUT2D eigenvalue weighted by Gasteiger charge is 2.41. The molecule has 0 bridgehead atoms. The van der Waals surface area contributed by atoms with Crippen LogP contribution in [-0.4, -0.2) is 26.5 Å². The molecule has 7 nitrogen and oxygen atoms in total. The summed E-state index contributed by atoms with van der Waals surface area (Å²) in [4.78, 5) is 35.1. The maximum Gasteiger partial charge on any atom is 0.327 e. The van der Waals surface area contributed by atoms with E-state index in [1.54, 1.807) is 0 Å². The Kier molecular flexibility index (Phi) is 2.20. The molecule has 2 aromatic rings. The highest BCUT2D eigenvalue weighted by atomic mass is 16.2. The van der Waals surface area contributed by atoms with Crippen molar-refractivity contribution in [2.45, 2.75) is 25.3 Å². The highest BCUT2D eigenvalue weighted by Crippen LogP contribution is 2.43. The van der Waals surface area contributed by atoms with Crippen molar-refractivity contribution in [3.8, 4) is 0 Å². The molecule has 3 atom stereocenters. The van der Waals surface area contributed by atoms with Crippen molar-refractivity contribution in [2.75, 3.05) is 6.54 Å². The number of nitrogens with zero attached hydrogens (tertiary/aromatic N) is 1. The number of fused-ring (bicyclic) bond motifs is 2. The Hall–Kier alpha value is -1.89. The summed E-state index contributed by atoms with van der Waals surface area (Å²) in [7, 11) is 0. The zero-order valence-electron chi connectivity index (χ0n) is 10.3. The predicted octanol–water partition coefficient (Wildman–Crippen LogP) is 0.0001000. The van der Waals surface area contributed by atoms with Gasteiger partial charge in [0.2, 0.25) is 0 Å². The van der Waals surface area contributed by atoms with Gasteiger partial charge in [-0.05, 0) is 31.2 Å². The lowest BCUT2D eigenvalue weighted by Crippen LogP contribution is -2.21. The molecule has 0 amide bonds.